The highest BCUT2D eigenvalue weighted by Gasteiger charge is 2.33. The zero-order valence-electron chi connectivity index (χ0n) is 61.0. The summed E-state index contributed by atoms with van der Waals surface area (Å²) in [5, 5.41) is 0.517. The minimum absolute atomic E-state index is 0.0369. The van der Waals surface area contributed by atoms with Crippen molar-refractivity contribution in [3.05, 3.63) is 264 Å². The van der Waals surface area contributed by atoms with Crippen LogP contribution in [-0.2, 0) is 50.0 Å². The Morgan fingerprint density at radius 1 is 0.387 bits per heavy atom. The molecule has 0 radical (unpaired) electrons. The number of methoxy groups -OCH3 is 4. The Morgan fingerprint density at radius 3 is 1.47 bits per heavy atom. The van der Waals surface area contributed by atoms with E-state index in [1.807, 2.05) is 6.07 Å². The van der Waals surface area contributed by atoms with Gasteiger partial charge in [0, 0.05) is 59.0 Å². The molecule has 0 aliphatic rings. The zero-order valence-corrected chi connectivity index (χ0v) is 61.8. The number of pyridine rings is 4. The summed E-state index contributed by atoms with van der Waals surface area (Å²) in [5.74, 6) is 1.81. The predicted molar refractivity (Wildman–Crippen MR) is 409 cm³/mol. The third-order valence-electron chi connectivity index (χ3n) is 16.4. The topological polar surface area (TPSA) is 234 Å². The van der Waals surface area contributed by atoms with Crippen molar-refractivity contribution in [2.45, 2.75) is 33.0 Å². The van der Waals surface area contributed by atoms with E-state index < -0.39 is 62.7 Å². The Labute approximate surface area is 642 Å². The standard InChI is InChI=1S/C47H45ClF2N4O9.C36H32F2N4O6/c1-57-36-12-14-37(15-13-36)62-43-19-17-40(59-3)27-34(43)30-54(45(56)31-60-24-20-49)46-41(7-5-22-51-46)53(29-33-26-39(58-2)16-18-42(33)61-25-21-50)44(55)28-32-6-4-23-52-47(32)63-38-10-8-35(48)9-11-38;1-25(43)41(23-26-22-28(45-2)16-17-32(26)46-21-18-37)30-13-8-19-39-35(30)42(34(44)24-47-27-10-4-3-5-11-27)31-14-9-20-40-36(31)48-33-15-7-6-12-29(33)38/h4-19,22-23,26-27H,20-21,24-25,28-31H2,1-3H3;3-17,19-20,22H,18,21,23-24H2,1-2H3. The van der Waals surface area contributed by atoms with Crippen molar-refractivity contribution >= 4 is 63.9 Å². The lowest BCUT2D eigenvalue weighted by atomic mass is 10.1. The number of benzene rings is 7. The molecule has 0 bridgehead atoms. The molecule has 4 heterocycles. The quantitative estimate of drug-likeness (QED) is 0.0262. The number of hydrogen-bond acceptors (Lipinski definition) is 19. The predicted octanol–water partition coefficient (Wildman–Crippen LogP) is 16.4. The molecular weight excluding hydrogens is 1460 g/mol. The summed E-state index contributed by atoms with van der Waals surface area (Å²) >= 11 is 6.10. The van der Waals surface area contributed by atoms with Crippen molar-refractivity contribution in [1.29, 1.82) is 0 Å². The first kappa shape index (κ1) is 80.5. The molecule has 0 atom stereocenters. The van der Waals surface area contributed by atoms with Gasteiger partial charge in [-0.25, -0.2) is 37.5 Å². The molecule has 7 aromatic carbocycles. The van der Waals surface area contributed by atoms with Crippen molar-refractivity contribution in [1.82, 2.24) is 19.9 Å². The Kier molecular flexibility index (Phi) is 29.6. The highest BCUT2D eigenvalue weighted by atomic mass is 35.5. The summed E-state index contributed by atoms with van der Waals surface area (Å²) in [6.45, 7) is -3.01. The second-order valence-corrected chi connectivity index (χ2v) is 24.1. The van der Waals surface area contributed by atoms with Gasteiger partial charge in [0.2, 0.25) is 23.6 Å². The number of carbonyl (C=O) groups is 4. The van der Waals surface area contributed by atoms with Gasteiger partial charge in [0.15, 0.2) is 29.8 Å². The number of aromatic nitrogens is 4. The number of ether oxygens (including phenoxy) is 11. The second-order valence-electron chi connectivity index (χ2n) is 23.7. The van der Waals surface area contributed by atoms with Crippen molar-refractivity contribution < 1.29 is 88.8 Å². The number of rotatable bonds is 36. The van der Waals surface area contributed by atoms with Gasteiger partial charge >= 0.3 is 0 Å². The summed E-state index contributed by atoms with van der Waals surface area (Å²) in [6, 6.07) is 56.3. The molecular formula is C83H77ClF4N8O15. The van der Waals surface area contributed by atoms with Gasteiger partial charge in [0.05, 0.1) is 72.5 Å². The van der Waals surface area contributed by atoms with Crippen molar-refractivity contribution in [2.24, 2.45) is 0 Å². The van der Waals surface area contributed by atoms with Gasteiger partial charge in [-0.05, 0) is 170 Å². The fourth-order valence-electron chi connectivity index (χ4n) is 11.1. The molecule has 4 amide bonds. The first-order valence-corrected chi connectivity index (χ1v) is 34.9. The Balaban J connectivity index is 0.000000245. The van der Waals surface area contributed by atoms with Crippen LogP contribution in [-0.4, -0.2) is 125 Å². The normalized spacial score (nSPS) is 10.7. The SMILES string of the molecule is COc1ccc(OCCF)c(CN(C(C)=O)c2cccnc2N(C(=O)COc2ccccc2)c2cccnc2Oc2ccccc2F)c1.COc1ccc(Oc2ccc(OC)cc2CN(C(=O)COCCF)c2ncccc2N(Cc2cc(OC)ccc2OCCF)C(=O)Cc2cccnc2Oc2ccc(Cl)cc2)cc1. The van der Waals surface area contributed by atoms with E-state index in [0.29, 0.717) is 84.8 Å². The van der Waals surface area contributed by atoms with Gasteiger partial charge in [-0.15, -0.1) is 0 Å². The number of para-hydroxylation sites is 2. The monoisotopic (exact) mass is 1540 g/mol. The molecule has 111 heavy (non-hydrogen) atoms. The average molecular weight is 1540 g/mol. The lowest BCUT2D eigenvalue weighted by Gasteiger charge is -2.30. The van der Waals surface area contributed by atoms with Crippen LogP contribution >= 0.6 is 11.6 Å². The molecule has 11 aromatic rings. The zero-order chi connectivity index (χ0) is 78.4. The van der Waals surface area contributed by atoms with E-state index in [9.17, 15) is 36.7 Å². The number of nitrogens with zero attached hydrogens (tertiary/aromatic N) is 8. The molecule has 11 rings (SSSR count). The molecule has 574 valence electrons. The first-order chi connectivity index (χ1) is 54.1. The molecule has 0 saturated carbocycles. The molecule has 0 spiro atoms. The van der Waals surface area contributed by atoms with Crippen LogP contribution in [0.3, 0.4) is 0 Å². The van der Waals surface area contributed by atoms with E-state index in [1.165, 1.54) is 84.6 Å². The van der Waals surface area contributed by atoms with E-state index in [4.69, 9.17) is 63.7 Å². The maximum atomic E-state index is 15.0. The van der Waals surface area contributed by atoms with E-state index in [0.717, 1.165) is 0 Å². The Morgan fingerprint density at radius 2 is 0.874 bits per heavy atom. The van der Waals surface area contributed by atoms with E-state index >= 15 is 0 Å². The lowest BCUT2D eigenvalue weighted by molar-refractivity contribution is -0.123. The van der Waals surface area contributed by atoms with Gasteiger partial charge in [0.1, 0.15) is 103 Å². The number of halogens is 5. The van der Waals surface area contributed by atoms with E-state index in [1.54, 1.807) is 195 Å². The van der Waals surface area contributed by atoms with Gasteiger partial charge in [-0.2, -0.15) is 0 Å². The number of carbonyl (C=O) groups excluding carboxylic acids is 4. The van der Waals surface area contributed by atoms with Gasteiger partial charge in [-0.3, -0.25) is 29.0 Å². The minimum atomic E-state index is -0.814. The maximum Gasteiger partial charge on any atom is 0.270 e. The first-order valence-electron chi connectivity index (χ1n) is 34.5. The van der Waals surface area contributed by atoms with Crippen molar-refractivity contribution in [3.8, 4) is 75.0 Å². The lowest BCUT2D eigenvalue weighted by Crippen LogP contribution is -2.38. The molecule has 23 nitrogen and oxygen atoms in total. The molecule has 0 unspecified atom stereocenters. The maximum absolute atomic E-state index is 15.0. The largest absolute Gasteiger partial charge is 0.497 e. The third-order valence-corrected chi connectivity index (χ3v) is 16.6. The van der Waals surface area contributed by atoms with E-state index in [-0.39, 0.29) is 92.1 Å². The summed E-state index contributed by atoms with van der Waals surface area (Å²) in [4.78, 5) is 80.2. The summed E-state index contributed by atoms with van der Waals surface area (Å²) in [5.41, 5.74) is 2.46. The third kappa shape index (κ3) is 22.1. The molecule has 0 aliphatic heterocycles. The number of alkyl halides is 3. The molecule has 28 heteroatoms. The number of anilines is 5. The van der Waals surface area contributed by atoms with Crippen LogP contribution < -0.4 is 67.0 Å². The van der Waals surface area contributed by atoms with Crippen LogP contribution in [0.2, 0.25) is 5.02 Å². The van der Waals surface area contributed by atoms with E-state index in [2.05, 4.69) is 19.9 Å². The number of hydrogen-bond donors (Lipinski definition) is 0. The average Bonchev–Trinajstić information content (AvgIpc) is 0.783. The van der Waals surface area contributed by atoms with Crippen LogP contribution in [0.25, 0.3) is 0 Å². The summed E-state index contributed by atoms with van der Waals surface area (Å²) in [7, 11) is 6.06. The Bertz CT molecular complexity index is 4910. The summed E-state index contributed by atoms with van der Waals surface area (Å²) in [6.07, 6.45) is 5.68. The molecule has 4 aromatic heterocycles. The van der Waals surface area contributed by atoms with Crippen LogP contribution in [0.5, 0.6) is 75.0 Å². The Hall–Kier alpha value is -13.0. The molecule has 0 N–H and O–H groups in total. The highest BCUT2D eigenvalue weighted by molar-refractivity contribution is 6.30. The van der Waals surface area contributed by atoms with Gasteiger partial charge in [-0.1, -0.05) is 48.0 Å². The van der Waals surface area contributed by atoms with Crippen LogP contribution in [0.15, 0.2) is 231 Å². The van der Waals surface area contributed by atoms with Crippen LogP contribution in [0.1, 0.15) is 29.2 Å². The molecule has 0 saturated heterocycles. The van der Waals surface area contributed by atoms with Gasteiger partial charge in [0.25, 0.3) is 11.8 Å². The summed E-state index contributed by atoms with van der Waals surface area (Å²) < 4.78 is 117. The minimum Gasteiger partial charge on any atom is -0.497 e. The molecule has 0 fully saturated rings. The van der Waals surface area contributed by atoms with Gasteiger partial charge < -0.3 is 61.9 Å². The van der Waals surface area contributed by atoms with Crippen molar-refractivity contribution in [2.75, 3.05) is 101 Å². The van der Waals surface area contributed by atoms with Crippen molar-refractivity contribution in [3.63, 3.8) is 0 Å². The fourth-order valence-corrected chi connectivity index (χ4v) is 11.2. The van der Waals surface area contributed by atoms with Crippen LogP contribution in [0, 0.1) is 5.82 Å². The highest BCUT2D eigenvalue weighted by Crippen LogP contribution is 2.42. The number of amides is 4. The van der Waals surface area contributed by atoms with Crippen LogP contribution in [0.4, 0.5) is 46.3 Å². The smallest absolute Gasteiger partial charge is 0.270 e. The molecule has 0 aliphatic carbocycles. The fraction of sp³-hybridized carbons (Fsp3) is 0.205. The second kappa shape index (κ2) is 40.8.